The molecule has 2 aromatic rings. The summed E-state index contributed by atoms with van der Waals surface area (Å²) in [4.78, 5) is 12.7. The van der Waals surface area contributed by atoms with Crippen molar-refractivity contribution in [1.82, 2.24) is 10.6 Å². The number of anilines is 1. The van der Waals surface area contributed by atoms with Gasteiger partial charge in [0.25, 0.3) is 15.9 Å². The molecule has 1 aliphatic heterocycles. The van der Waals surface area contributed by atoms with Gasteiger partial charge in [-0.3, -0.25) is 9.10 Å². The number of carbonyl (C=O) groups is 1. The molecule has 2 aromatic carbocycles. The molecule has 1 saturated heterocycles. The Labute approximate surface area is 160 Å². The Morgan fingerprint density at radius 2 is 1.81 bits per heavy atom. The highest BCUT2D eigenvalue weighted by Crippen LogP contribution is 2.23. The minimum absolute atomic E-state index is 0.117. The molecule has 0 spiro atoms. The quantitative estimate of drug-likeness (QED) is 0.798. The number of rotatable bonds is 6. The fourth-order valence-electron chi connectivity index (χ4n) is 3.25. The summed E-state index contributed by atoms with van der Waals surface area (Å²) in [5.74, 6) is -0.235. The highest BCUT2D eigenvalue weighted by atomic mass is 32.2. The van der Waals surface area contributed by atoms with Crippen molar-refractivity contribution in [2.75, 3.05) is 23.9 Å². The third-order valence-electron chi connectivity index (χ3n) is 4.69. The summed E-state index contributed by atoms with van der Waals surface area (Å²) in [5, 5.41) is 6.26. The van der Waals surface area contributed by atoms with Crippen molar-refractivity contribution in [2.45, 2.75) is 30.7 Å². The molecule has 6 nitrogen and oxygen atoms in total. The van der Waals surface area contributed by atoms with E-state index in [4.69, 9.17) is 0 Å². The monoisotopic (exact) mass is 387 g/mol. The zero-order valence-corrected chi connectivity index (χ0v) is 16.2. The average molecular weight is 388 g/mol. The van der Waals surface area contributed by atoms with E-state index in [9.17, 15) is 13.2 Å². The molecule has 0 bridgehead atoms. The van der Waals surface area contributed by atoms with Crippen LogP contribution in [0.4, 0.5) is 5.69 Å². The normalized spacial score (nSPS) is 15.3. The molecule has 0 radical (unpaired) electrons. The smallest absolute Gasteiger partial charge is 0.264 e. The van der Waals surface area contributed by atoms with E-state index < -0.39 is 10.0 Å². The van der Waals surface area contributed by atoms with Gasteiger partial charge in [0.15, 0.2) is 0 Å². The molecule has 0 atom stereocenters. The lowest BCUT2D eigenvalue weighted by Crippen LogP contribution is -2.42. The standard InChI is InChI=1S/C20H25N3O3S/c1-2-23(18-8-4-3-5-9-18)27(25,26)19-10-6-7-16(15-19)20(24)22-17-11-13-21-14-12-17/h3-10,15,17,21H,2,11-14H2,1H3,(H,22,24). The van der Waals surface area contributed by atoms with Crippen LogP contribution in [0.3, 0.4) is 0 Å². The van der Waals surface area contributed by atoms with Gasteiger partial charge in [-0.05, 0) is 63.2 Å². The van der Waals surface area contributed by atoms with Crippen molar-refractivity contribution in [2.24, 2.45) is 0 Å². The van der Waals surface area contributed by atoms with Gasteiger partial charge in [-0.15, -0.1) is 0 Å². The van der Waals surface area contributed by atoms with Gasteiger partial charge in [0.1, 0.15) is 0 Å². The molecule has 0 unspecified atom stereocenters. The maximum atomic E-state index is 13.1. The van der Waals surface area contributed by atoms with Crippen molar-refractivity contribution < 1.29 is 13.2 Å². The summed E-state index contributed by atoms with van der Waals surface area (Å²) >= 11 is 0. The van der Waals surface area contributed by atoms with E-state index in [1.165, 1.54) is 16.4 Å². The Kier molecular flexibility index (Phi) is 6.13. The van der Waals surface area contributed by atoms with E-state index in [-0.39, 0.29) is 16.8 Å². The molecule has 1 fully saturated rings. The average Bonchev–Trinajstić information content (AvgIpc) is 2.70. The summed E-state index contributed by atoms with van der Waals surface area (Å²) in [6, 6.07) is 15.3. The predicted octanol–water partition coefficient (Wildman–Crippen LogP) is 2.38. The number of nitrogens with one attached hydrogen (secondary N) is 2. The van der Waals surface area contributed by atoms with E-state index in [0.717, 1.165) is 25.9 Å². The fourth-order valence-corrected chi connectivity index (χ4v) is 4.77. The number of piperidine rings is 1. The molecule has 1 amide bonds. The lowest BCUT2D eigenvalue weighted by Gasteiger charge is -2.24. The minimum atomic E-state index is -3.75. The molecule has 27 heavy (non-hydrogen) atoms. The Bertz CT molecular complexity index is 878. The zero-order chi connectivity index (χ0) is 19.3. The second kappa shape index (κ2) is 8.54. The highest BCUT2D eigenvalue weighted by molar-refractivity contribution is 7.92. The molecule has 7 heteroatoms. The molecule has 144 valence electrons. The first kappa shape index (κ1) is 19.4. The first-order valence-electron chi connectivity index (χ1n) is 9.22. The van der Waals surface area contributed by atoms with Crippen molar-refractivity contribution >= 4 is 21.6 Å². The molecule has 1 heterocycles. The number of hydrogen-bond acceptors (Lipinski definition) is 4. The van der Waals surface area contributed by atoms with Gasteiger partial charge in [-0.1, -0.05) is 24.3 Å². The van der Waals surface area contributed by atoms with E-state index in [1.54, 1.807) is 43.3 Å². The van der Waals surface area contributed by atoms with Crippen LogP contribution in [-0.2, 0) is 10.0 Å². The largest absolute Gasteiger partial charge is 0.349 e. The van der Waals surface area contributed by atoms with Crippen molar-refractivity contribution in [1.29, 1.82) is 0 Å². The summed E-state index contributed by atoms with van der Waals surface area (Å²) in [6.45, 7) is 3.85. The third kappa shape index (κ3) is 4.48. The number of sulfonamides is 1. The minimum Gasteiger partial charge on any atom is -0.349 e. The van der Waals surface area contributed by atoms with E-state index in [2.05, 4.69) is 10.6 Å². The number of para-hydroxylation sites is 1. The van der Waals surface area contributed by atoms with Gasteiger partial charge in [0.05, 0.1) is 10.6 Å². The van der Waals surface area contributed by atoms with Crippen molar-refractivity contribution in [3.05, 3.63) is 60.2 Å². The Morgan fingerprint density at radius 3 is 2.48 bits per heavy atom. The molecule has 0 saturated carbocycles. The Hall–Kier alpha value is -2.38. The summed E-state index contributed by atoms with van der Waals surface area (Å²) in [7, 11) is -3.75. The Balaban J connectivity index is 1.84. The van der Waals surface area contributed by atoms with Gasteiger partial charge in [-0.2, -0.15) is 0 Å². The molecule has 3 rings (SSSR count). The van der Waals surface area contributed by atoms with Crippen LogP contribution in [-0.4, -0.2) is 40.0 Å². The van der Waals surface area contributed by atoms with Crippen LogP contribution in [0.5, 0.6) is 0 Å². The van der Waals surface area contributed by atoms with Gasteiger partial charge >= 0.3 is 0 Å². The number of hydrogen-bond donors (Lipinski definition) is 2. The molecule has 0 aliphatic carbocycles. The molecular weight excluding hydrogens is 362 g/mol. The van der Waals surface area contributed by atoms with Gasteiger partial charge in [0, 0.05) is 18.2 Å². The van der Waals surface area contributed by atoms with E-state index in [0.29, 0.717) is 17.8 Å². The van der Waals surface area contributed by atoms with E-state index in [1.807, 2.05) is 6.07 Å². The lowest BCUT2D eigenvalue weighted by molar-refractivity contribution is 0.0929. The van der Waals surface area contributed by atoms with Gasteiger partial charge in [0.2, 0.25) is 0 Å². The highest BCUT2D eigenvalue weighted by Gasteiger charge is 2.25. The maximum Gasteiger partial charge on any atom is 0.264 e. The number of carbonyl (C=O) groups excluding carboxylic acids is 1. The first-order valence-corrected chi connectivity index (χ1v) is 10.7. The van der Waals surface area contributed by atoms with Gasteiger partial charge < -0.3 is 10.6 Å². The molecule has 2 N–H and O–H groups in total. The topological polar surface area (TPSA) is 78.5 Å². The van der Waals surface area contributed by atoms with E-state index >= 15 is 0 Å². The summed E-state index contributed by atoms with van der Waals surface area (Å²) in [6.07, 6.45) is 1.75. The second-order valence-electron chi connectivity index (χ2n) is 6.53. The van der Waals surface area contributed by atoms with Crippen LogP contribution in [0, 0.1) is 0 Å². The zero-order valence-electron chi connectivity index (χ0n) is 15.4. The third-order valence-corrected chi connectivity index (χ3v) is 6.59. The van der Waals surface area contributed by atoms with Crippen LogP contribution < -0.4 is 14.9 Å². The molecule has 1 aliphatic rings. The van der Waals surface area contributed by atoms with Gasteiger partial charge in [-0.25, -0.2) is 8.42 Å². The lowest BCUT2D eigenvalue weighted by atomic mass is 10.1. The SMILES string of the molecule is CCN(c1ccccc1)S(=O)(=O)c1cccc(C(=O)NC2CCNCC2)c1. The predicted molar refractivity (Wildman–Crippen MR) is 106 cm³/mol. The maximum absolute atomic E-state index is 13.1. The molecule has 0 aromatic heterocycles. The number of amides is 1. The number of benzene rings is 2. The first-order chi connectivity index (χ1) is 13.0. The number of nitrogens with zero attached hydrogens (tertiary/aromatic N) is 1. The molecular formula is C20H25N3O3S. The summed E-state index contributed by atoms with van der Waals surface area (Å²) < 4.78 is 27.6. The van der Waals surface area contributed by atoms with Crippen LogP contribution in [0.25, 0.3) is 0 Å². The van der Waals surface area contributed by atoms with Crippen LogP contribution in [0.1, 0.15) is 30.1 Å². The van der Waals surface area contributed by atoms with Crippen molar-refractivity contribution in [3.63, 3.8) is 0 Å². The summed E-state index contributed by atoms with van der Waals surface area (Å²) in [5.41, 5.74) is 0.961. The second-order valence-corrected chi connectivity index (χ2v) is 8.39. The van der Waals surface area contributed by atoms with Crippen molar-refractivity contribution in [3.8, 4) is 0 Å². The van der Waals surface area contributed by atoms with Crippen LogP contribution >= 0.6 is 0 Å². The van der Waals surface area contributed by atoms with Crippen LogP contribution in [0.2, 0.25) is 0 Å². The Morgan fingerprint density at radius 1 is 1.11 bits per heavy atom. The fraction of sp³-hybridized carbons (Fsp3) is 0.350. The van der Waals surface area contributed by atoms with Crippen LogP contribution in [0.15, 0.2) is 59.5 Å².